The SMILES string of the molecule is O=c1[nH]ccc2nc(NC3CCCNC3)nc(Nc3ccc(S(=O)(=O)N4CCOCC4)cc3)c12. The molecule has 2 aliphatic rings. The Morgan fingerprint density at radius 2 is 1.88 bits per heavy atom. The Labute approximate surface area is 197 Å². The number of aromatic amines is 1. The summed E-state index contributed by atoms with van der Waals surface area (Å²) in [4.78, 5) is 24.5. The van der Waals surface area contributed by atoms with Gasteiger partial charge in [-0.15, -0.1) is 0 Å². The van der Waals surface area contributed by atoms with Crippen LogP contribution in [0.15, 0.2) is 46.2 Å². The molecule has 12 heteroatoms. The van der Waals surface area contributed by atoms with Crippen molar-refractivity contribution in [3.05, 3.63) is 46.9 Å². The summed E-state index contributed by atoms with van der Waals surface area (Å²) in [5, 5.41) is 10.2. The molecule has 180 valence electrons. The summed E-state index contributed by atoms with van der Waals surface area (Å²) in [7, 11) is -3.59. The summed E-state index contributed by atoms with van der Waals surface area (Å²) < 4.78 is 32.4. The van der Waals surface area contributed by atoms with Gasteiger partial charge in [0.25, 0.3) is 5.56 Å². The normalized spacial score (nSPS) is 19.7. The molecule has 2 saturated heterocycles. The number of benzene rings is 1. The minimum absolute atomic E-state index is 0.200. The van der Waals surface area contributed by atoms with Gasteiger partial charge < -0.3 is 25.7 Å². The minimum atomic E-state index is -3.59. The van der Waals surface area contributed by atoms with E-state index >= 15 is 0 Å². The van der Waals surface area contributed by atoms with Gasteiger partial charge >= 0.3 is 0 Å². The van der Waals surface area contributed by atoms with Crippen molar-refractivity contribution in [2.75, 3.05) is 50.0 Å². The molecule has 34 heavy (non-hydrogen) atoms. The number of pyridine rings is 1. The maximum absolute atomic E-state index is 12.9. The number of piperidine rings is 1. The lowest BCUT2D eigenvalue weighted by Gasteiger charge is -2.26. The number of nitrogens with zero attached hydrogens (tertiary/aromatic N) is 3. The molecule has 11 nitrogen and oxygen atoms in total. The van der Waals surface area contributed by atoms with Crippen LogP contribution in [0, 0.1) is 0 Å². The second-order valence-corrected chi connectivity index (χ2v) is 10.3. The van der Waals surface area contributed by atoms with Crippen molar-refractivity contribution in [2.24, 2.45) is 0 Å². The summed E-state index contributed by atoms with van der Waals surface area (Å²) in [6.07, 6.45) is 3.63. The van der Waals surface area contributed by atoms with Gasteiger partial charge in [0, 0.05) is 37.6 Å². The van der Waals surface area contributed by atoms with Gasteiger partial charge in [0.15, 0.2) is 0 Å². The third-order valence-electron chi connectivity index (χ3n) is 5.97. The Kier molecular flexibility index (Phi) is 6.46. The summed E-state index contributed by atoms with van der Waals surface area (Å²) in [5.41, 5.74) is 0.811. The monoisotopic (exact) mass is 485 g/mol. The van der Waals surface area contributed by atoms with E-state index in [1.54, 1.807) is 36.5 Å². The molecular weight excluding hydrogens is 458 g/mol. The molecule has 5 rings (SSSR count). The number of aromatic nitrogens is 3. The van der Waals surface area contributed by atoms with Crippen LogP contribution in [0.5, 0.6) is 0 Å². The molecule has 1 aromatic carbocycles. The van der Waals surface area contributed by atoms with Gasteiger partial charge in [-0.05, 0) is 49.7 Å². The van der Waals surface area contributed by atoms with Gasteiger partial charge in [0.2, 0.25) is 16.0 Å². The molecule has 0 bridgehead atoms. The molecule has 2 fully saturated rings. The smallest absolute Gasteiger partial charge is 0.261 e. The lowest BCUT2D eigenvalue weighted by Crippen LogP contribution is -2.40. The van der Waals surface area contributed by atoms with Gasteiger partial charge in [-0.2, -0.15) is 9.29 Å². The molecule has 2 aromatic heterocycles. The lowest BCUT2D eigenvalue weighted by atomic mass is 10.1. The van der Waals surface area contributed by atoms with E-state index < -0.39 is 10.0 Å². The first-order valence-electron chi connectivity index (χ1n) is 11.3. The number of hydrogen-bond donors (Lipinski definition) is 4. The van der Waals surface area contributed by atoms with Crippen LogP contribution in [0.25, 0.3) is 10.9 Å². The fourth-order valence-corrected chi connectivity index (χ4v) is 5.59. The molecule has 2 aliphatic heterocycles. The van der Waals surface area contributed by atoms with Gasteiger partial charge in [0.05, 0.1) is 23.6 Å². The summed E-state index contributed by atoms with van der Waals surface area (Å²) >= 11 is 0. The van der Waals surface area contributed by atoms with Crippen molar-refractivity contribution in [3.63, 3.8) is 0 Å². The fraction of sp³-hybridized carbons (Fsp3) is 0.409. The number of fused-ring (bicyclic) bond motifs is 1. The van der Waals surface area contributed by atoms with Crippen LogP contribution in [0.1, 0.15) is 12.8 Å². The van der Waals surface area contributed by atoms with Crippen molar-refractivity contribution in [3.8, 4) is 0 Å². The van der Waals surface area contributed by atoms with Crippen LogP contribution < -0.4 is 21.5 Å². The second kappa shape index (κ2) is 9.66. The zero-order valence-electron chi connectivity index (χ0n) is 18.6. The third kappa shape index (κ3) is 4.75. The third-order valence-corrected chi connectivity index (χ3v) is 7.89. The number of sulfonamides is 1. The Morgan fingerprint density at radius 1 is 1.09 bits per heavy atom. The van der Waals surface area contributed by atoms with Crippen LogP contribution in [0.4, 0.5) is 17.5 Å². The number of ether oxygens (including phenoxy) is 1. The van der Waals surface area contributed by atoms with E-state index in [4.69, 9.17) is 4.74 Å². The number of hydrogen-bond acceptors (Lipinski definition) is 9. The highest BCUT2D eigenvalue weighted by molar-refractivity contribution is 7.89. The molecule has 0 aliphatic carbocycles. The van der Waals surface area contributed by atoms with E-state index in [1.165, 1.54) is 4.31 Å². The minimum Gasteiger partial charge on any atom is -0.379 e. The van der Waals surface area contributed by atoms with E-state index in [2.05, 4.69) is 30.9 Å². The van der Waals surface area contributed by atoms with Crippen LogP contribution in [-0.2, 0) is 14.8 Å². The number of anilines is 3. The summed E-state index contributed by atoms with van der Waals surface area (Å²) in [5.74, 6) is 0.780. The molecule has 0 saturated carbocycles. The van der Waals surface area contributed by atoms with Gasteiger partial charge in [-0.1, -0.05) is 0 Å². The average Bonchev–Trinajstić information content (AvgIpc) is 2.85. The first-order chi connectivity index (χ1) is 16.5. The number of rotatable bonds is 6. The molecule has 1 atom stereocenters. The van der Waals surface area contributed by atoms with Crippen LogP contribution in [0.3, 0.4) is 0 Å². The van der Waals surface area contributed by atoms with E-state index in [0.29, 0.717) is 54.7 Å². The highest BCUT2D eigenvalue weighted by atomic mass is 32.2. The molecule has 0 radical (unpaired) electrons. The van der Waals surface area contributed by atoms with Gasteiger partial charge in [-0.3, -0.25) is 4.79 Å². The topological polar surface area (TPSA) is 141 Å². The van der Waals surface area contributed by atoms with Crippen molar-refractivity contribution < 1.29 is 13.2 Å². The first kappa shape index (κ1) is 22.7. The lowest BCUT2D eigenvalue weighted by molar-refractivity contribution is 0.0730. The Hall–Kier alpha value is -3.06. The summed E-state index contributed by atoms with van der Waals surface area (Å²) in [6.45, 7) is 3.27. The van der Waals surface area contributed by atoms with E-state index in [0.717, 1.165) is 25.9 Å². The maximum Gasteiger partial charge on any atom is 0.261 e. The van der Waals surface area contributed by atoms with E-state index in [9.17, 15) is 13.2 Å². The number of morpholine rings is 1. The molecule has 0 spiro atoms. The maximum atomic E-state index is 12.9. The summed E-state index contributed by atoms with van der Waals surface area (Å²) in [6, 6.07) is 8.35. The molecule has 0 amide bonds. The first-order valence-corrected chi connectivity index (χ1v) is 12.8. The predicted octanol–water partition coefficient (Wildman–Crippen LogP) is 1.25. The number of nitrogens with one attached hydrogen (secondary N) is 4. The second-order valence-electron chi connectivity index (χ2n) is 8.32. The van der Waals surface area contributed by atoms with Crippen molar-refractivity contribution in [2.45, 2.75) is 23.8 Å². The molecule has 4 heterocycles. The highest BCUT2D eigenvalue weighted by Crippen LogP contribution is 2.25. The van der Waals surface area contributed by atoms with Crippen LogP contribution >= 0.6 is 0 Å². The van der Waals surface area contributed by atoms with E-state index in [-0.39, 0.29) is 16.5 Å². The standard InChI is InChI=1S/C22H27N7O4S/c30-21-19-18(7-9-24-21)27-22(26-16-2-1-8-23-14-16)28-20(19)25-15-3-5-17(6-4-15)34(31,32)29-10-12-33-13-11-29/h3-7,9,16,23H,1-2,8,10-14H2,(H,24,30)(H2,25,26,27,28). The van der Waals surface area contributed by atoms with Crippen molar-refractivity contribution in [1.82, 2.24) is 24.6 Å². The van der Waals surface area contributed by atoms with Crippen LogP contribution in [0.2, 0.25) is 0 Å². The Balaban J connectivity index is 1.42. The van der Waals surface area contributed by atoms with Gasteiger partial charge in [-0.25, -0.2) is 13.4 Å². The average molecular weight is 486 g/mol. The zero-order chi connectivity index (χ0) is 23.5. The van der Waals surface area contributed by atoms with Crippen molar-refractivity contribution >= 4 is 38.4 Å². The molecular formula is C22H27N7O4S. The number of H-pyrrole nitrogens is 1. The Morgan fingerprint density at radius 3 is 2.62 bits per heavy atom. The fourth-order valence-electron chi connectivity index (χ4n) is 4.19. The van der Waals surface area contributed by atoms with Crippen molar-refractivity contribution in [1.29, 1.82) is 0 Å². The highest BCUT2D eigenvalue weighted by Gasteiger charge is 2.26. The quantitative estimate of drug-likeness (QED) is 0.406. The molecule has 4 N–H and O–H groups in total. The van der Waals surface area contributed by atoms with Gasteiger partial charge in [0.1, 0.15) is 11.2 Å². The van der Waals surface area contributed by atoms with Crippen LogP contribution in [-0.4, -0.2) is 73.1 Å². The molecule has 3 aromatic rings. The molecule has 1 unspecified atom stereocenters. The zero-order valence-corrected chi connectivity index (χ0v) is 19.4. The predicted molar refractivity (Wildman–Crippen MR) is 129 cm³/mol. The van der Waals surface area contributed by atoms with E-state index in [1.807, 2.05) is 0 Å². The largest absolute Gasteiger partial charge is 0.379 e. The Bertz CT molecular complexity index is 1320.